The van der Waals surface area contributed by atoms with Crippen LogP contribution in [-0.4, -0.2) is 57.9 Å². The van der Waals surface area contributed by atoms with Crippen molar-refractivity contribution >= 4 is 33.2 Å². The van der Waals surface area contributed by atoms with E-state index in [-0.39, 0.29) is 23.1 Å². The molecule has 2 aliphatic heterocycles. The smallest absolute Gasteiger partial charge is 0.247 e. The minimum Gasteiger partial charge on any atom is -0.497 e. The SMILES string of the molecule is COc1cc(NC(=O)C2Cc3cc(S(=O)(=O)N4CCCC4)ccc3N2C(C)=O)cc(OC)c1. The highest BCUT2D eigenvalue weighted by molar-refractivity contribution is 7.89. The van der Waals surface area contributed by atoms with E-state index in [0.717, 1.165) is 12.8 Å². The third-order valence-corrected chi connectivity index (χ3v) is 7.89. The Morgan fingerprint density at radius 2 is 1.64 bits per heavy atom. The Morgan fingerprint density at radius 3 is 2.21 bits per heavy atom. The number of hydrogen-bond donors (Lipinski definition) is 1. The van der Waals surface area contributed by atoms with Crippen molar-refractivity contribution in [3.8, 4) is 11.5 Å². The van der Waals surface area contributed by atoms with Crippen LogP contribution in [0.1, 0.15) is 25.3 Å². The van der Waals surface area contributed by atoms with E-state index in [1.807, 2.05) is 0 Å². The standard InChI is InChI=1S/C23H27N3O6S/c1-15(27)26-21-7-6-20(33(29,30)25-8-4-5-9-25)10-16(21)11-22(26)23(28)24-17-12-18(31-2)14-19(13-17)32-3/h6-7,10,12-14,22H,4-5,8-9,11H2,1-3H3,(H,24,28). The van der Waals surface area contributed by atoms with Crippen molar-refractivity contribution in [1.29, 1.82) is 0 Å². The Balaban J connectivity index is 1.61. The zero-order chi connectivity index (χ0) is 23.8. The van der Waals surface area contributed by atoms with Crippen LogP contribution in [0, 0.1) is 0 Å². The van der Waals surface area contributed by atoms with Gasteiger partial charge in [0.25, 0.3) is 0 Å². The number of fused-ring (bicyclic) bond motifs is 1. The van der Waals surface area contributed by atoms with Crippen LogP contribution in [0.5, 0.6) is 11.5 Å². The van der Waals surface area contributed by atoms with E-state index in [9.17, 15) is 18.0 Å². The van der Waals surface area contributed by atoms with Crippen LogP contribution in [0.4, 0.5) is 11.4 Å². The number of rotatable bonds is 6. The predicted molar refractivity (Wildman–Crippen MR) is 123 cm³/mol. The molecule has 0 saturated carbocycles. The van der Waals surface area contributed by atoms with Gasteiger partial charge in [0.1, 0.15) is 17.5 Å². The number of amides is 2. The first kappa shape index (κ1) is 23.1. The lowest BCUT2D eigenvalue weighted by Gasteiger charge is -2.23. The molecule has 176 valence electrons. The number of carbonyl (C=O) groups excluding carboxylic acids is 2. The molecule has 2 aromatic rings. The van der Waals surface area contributed by atoms with Crippen molar-refractivity contribution < 1.29 is 27.5 Å². The van der Waals surface area contributed by atoms with Gasteiger partial charge in [-0.3, -0.25) is 14.5 Å². The number of hydrogen-bond acceptors (Lipinski definition) is 6. The molecule has 0 aliphatic carbocycles. The van der Waals surface area contributed by atoms with E-state index < -0.39 is 16.1 Å². The lowest BCUT2D eigenvalue weighted by atomic mass is 10.1. The number of nitrogens with one attached hydrogen (secondary N) is 1. The fraction of sp³-hybridized carbons (Fsp3) is 0.391. The molecule has 10 heteroatoms. The molecule has 0 aromatic heterocycles. The molecule has 0 radical (unpaired) electrons. The molecule has 0 spiro atoms. The monoisotopic (exact) mass is 473 g/mol. The van der Waals surface area contributed by atoms with Gasteiger partial charge in [0.05, 0.1) is 19.1 Å². The number of benzene rings is 2. The van der Waals surface area contributed by atoms with Crippen LogP contribution < -0.4 is 19.7 Å². The fourth-order valence-electron chi connectivity index (χ4n) is 4.37. The zero-order valence-corrected chi connectivity index (χ0v) is 19.6. The topological polar surface area (TPSA) is 105 Å². The molecule has 1 fully saturated rings. The molecule has 4 rings (SSSR count). The molecule has 1 unspecified atom stereocenters. The summed E-state index contributed by atoms with van der Waals surface area (Å²) in [4.78, 5) is 27.2. The molecule has 0 bridgehead atoms. The number of methoxy groups -OCH3 is 2. The number of sulfonamides is 1. The van der Waals surface area contributed by atoms with Crippen molar-refractivity contribution in [1.82, 2.24) is 4.31 Å². The van der Waals surface area contributed by atoms with E-state index in [1.165, 1.54) is 36.4 Å². The Kier molecular flexibility index (Phi) is 6.31. The van der Waals surface area contributed by atoms with Gasteiger partial charge in [-0.1, -0.05) is 0 Å². The lowest BCUT2D eigenvalue weighted by Crippen LogP contribution is -2.44. The predicted octanol–water partition coefficient (Wildman–Crippen LogP) is 2.40. The summed E-state index contributed by atoms with van der Waals surface area (Å²) in [6.07, 6.45) is 1.91. The highest BCUT2D eigenvalue weighted by Crippen LogP contribution is 2.36. The lowest BCUT2D eigenvalue weighted by molar-refractivity contribution is -0.122. The molecule has 1 saturated heterocycles. The van der Waals surface area contributed by atoms with Crippen LogP contribution >= 0.6 is 0 Å². The average Bonchev–Trinajstić information content (AvgIpc) is 3.46. The van der Waals surface area contributed by atoms with Gasteiger partial charge < -0.3 is 14.8 Å². The van der Waals surface area contributed by atoms with E-state index in [1.54, 1.807) is 30.3 Å². The molecule has 2 heterocycles. The van der Waals surface area contributed by atoms with Crippen molar-refractivity contribution in [3.05, 3.63) is 42.0 Å². The van der Waals surface area contributed by atoms with Gasteiger partial charge in [-0.05, 0) is 36.6 Å². The molecular formula is C23H27N3O6S. The maximum absolute atomic E-state index is 13.2. The van der Waals surface area contributed by atoms with Gasteiger partial charge in [-0.25, -0.2) is 8.42 Å². The van der Waals surface area contributed by atoms with E-state index >= 15 is 0 Å². The quantitative estimate of drug-likeness (QED) is 0.691. The van der Waals surface area contributed by atoms with Crippen LogP contribution in [0.15, 0.2) is 41.3 Å². The third kappa shape index (κ3) is 4.40. The van der Waals surface area contributed by atoms with Crippen molar-refractivity contribution in [3.63, 3.8) is 0 Å². The van der Waals surface area contributed by atoms with E-state index in [4.69, 9.17) is 9.47 Å². The zero-order valence-electron chi connectivity index (χ0n) is 18.8. The first-order valence-corrected chi connectivity index (χ1v) is 12.2. The Hall–Kier alpha value is -3.11. The summed E-state index contributed by atoms with van der Waals surface area (Å²) in [5.74, 6) is 0.340. The normalized spacial score (nSPS) is 18.2. The average molecular weight is 474 g/mol. The molecule has 1 N–H and O–H groups in total. The van der Waals surface area contributed by atoms with Gasteiger partial charge in [0.2, 0.25) is 21.8 Å². The molecule has 2 amide bonds. The summed E-state index contributed by atoms with van der Waals surface area (Å²) < 4.78 is 37.9. The van der Waals surface area contributed by atoms with Crippen LogP contribution in [0.3, 0.4) is 0 Å². The van der Waals surface area contributed by atoms with E-state index in [2.05, 4.69) is 5.32 Å². The Morgan fingerprint density at radius 1 is 1.00 bits per heavy atom. The van der Waals surface area contributed by atoms with Crippen molar-refractivity contribution in [2.45, 2.75) is 37.1 Å². The molecule has 2 aliphatic rings. The summed E-state index contributed by atoms with van der Waals surface area (Å²) in [6.45, 7) is 2.40. The van der Waals surface area contributed by atoms with Gasteiger partial charge in [-0.15, -0.1) is 0 Å². The van der Waals surface area contributed by atoms with Gasteiger partial charge in [0.15, 0.2) is 0 Å². The molecule has 1 atom stereocenters. The number of carbonyl (C=O) groups is 2. The van der Waals surface area contributed by atoms with Crippen molar-refractivity contribution in [2.75, 3.05) is 37.5 Å². The summed E-state index contributed by atoms with van der Waals surface area (Å²) in [6, 6.07) is 8.89. The Bertz CT molecular complexity index is 1170. The highest BCUT2D eigenvalue weighted by Gasteiger charge is 2.38. The van der Waals surface area contributed by atoms with Gasteiger partial charge in [0, 0.05) is 56.0 Å². The van der Waals surface area contributed by atoms with Gasteiger partial charge >= 0.3 is 0 Å². The second-order valence-corrected chi connectivity index (χ2v) is 10.0. The third-order valence-electron chi connectivity index (χ3n) is 6.00. The van der Waals surface area contributed by atoms with Crippen LogP contribution in [-0.2, 0) is 26.0 Å². The second-order valence-electron chi connectivity index (χ2n) is 8.10. The highest BCUT2D eigenvalue weighted by atomic mass is 32.2. The summed E-state index contributed by atoms with van der Waals surface area (Å²) in [7, 11) is -0.572. The Labute approximate surface area is 193 Å². The summed E-state index contributed by atoms with van der Waals surface area (Å²) in [5, 5.41) is 2.82. The number of anilines is 2. The fourth-order valence-corrected chi connectivity index (χ4v) is 5.94. The number of ether oxygens (including phenoxy) is 2. The number of nitrogens with zero attached hydrogens (tertiary/aromatic N) is 2. The van der Waals surface area contributed by atoms with Gasteiger partial charge in [-0.2, -0.15) is 4.31 Å². The minimum absolute atomic E-state index is 0.185. The van der Waals surface area contributed by atoms with Crippen LogP contribution in [0.2, 0.25) is 0 Å². The molecule has 2 aromatic carbocycles. The summed E-state index contributed by atoms with van der Waals surface area (Å²) >= 11 is 0. The largest absolute Gasteiger partial charge is 0.497 e. The minimum atomic E-state index is -3.60. The second kappa shape index (κ2) is 9.03. The molecule has 33 heavy (non-hydrogen) atoms. The summed E-state index contributed by atoms with van der Waals surface area (Å²) in [5.41, 5.74) is 1.66. The first-order valence-electron chi connectivity index (χ1n) is 10.7. The molecule has 9 nitrogen and oxygen atoms in total. The van der Waals surface area contributed by atoms with Crippen molar-refractivity contribution in [2.24, 2.45) is 0 Å². The maximum Gasteiger partial charge on any atom is 0.247 e. The van der Waals surface area contributed by atoms with Crippen LogP contribution in [0.25, 0.3) is 0 Å². The molecular weight excluding hydrogens is 446 g/mol. The first-order chi connectivity index (χ1) is 15.7. The maximum atomic E-state index is 13.2. The van der Waals surface area contributed by atoms with E-state index in [0.29, 0.717) is 41.5 Å².